The molecule has 0 spiro atoms. The van der Waals surface area contributed by atoms with E-state index in [1.54, 1.807) is 14.0 Å². The Balaban J connectivity index is 1.49. The number of fused-ring (bicyclic) bond motifs is 1. The molecule has 2 aliphatic rings. The maximum atomic E-state index is 12.3. The highest BCUT2D eigenvalue weighted by molar-refractivity contribution is 5.93. The topological polar surface area (TPSA) is 144 Å². The Bertz CT molecular complexity index is 1260. The van der Waals surface area contributed by atoms with Crippen LogP contribution in [-0.4, -0.2) is 89.1 Å². The highest BCUT2D eigenvalue weighted by Gasteiger charge is 2.28. The molecular weight excluding hydrogens is 474 g/mol. The fourth-order valence-electron chi connectivity index (χ4n) is 4.83. The number of piperidine rings is 1. The first kappa shape index (κ1) is 24.9. The van der Waals surface area contributed by atoms with E-state index in [-0.39, 0.29) is 18.0 Å². The summed E-state index contributed by atoms with van der Waals surface area (Å²) < 4.78 is 7.52. The van der Waals surface area contributed by atoms with E-state index in [0.717, 1.165) is 35.1 Å². The first-order valence-corrected chi connectivity index (χ1v) is 12.7. The minimum Gasteiger partial charge on any atom is -0.378 e. The summed E-state index contributed by atoms with van der Waals surface area (Å²) in [4.78, 5) is 37.9. The van der Waals surface area contributed by atoms with E-state index in [1.807, 2.05) is 40.0 Å². The Morgan fingerprint density at radius 2 is 1.78 bits per heavy atom. The lowest BCUT2D eigenvalue weighted by molar-refractivity contribution is -0.133. The summed E-state index contributed by atoms with van der Waals surface area (Å²) in [7, 11) is 1.58. The molecule has 0 radical (unpaired) electrons. The minimum atomic E-state index is -0.494. The lowest BCUT2D eigenvalue weighted by Crippen LogP contribution is -2.46. The van der Waals surface area contributed by atoms with Crippen molar-refractivity contribution in [1.82, 2.24) is 30.0 Å². The van der Waals surface area contributed by atoms with Gasteiger partial charge >= 0.3 is 6.03 Å². The van der Waals surface area contributed by atoms with Gasteiger partial charge in [0.15, 0.2) is 5.65 Å². The molecule has 12 heteroatoms. The van der Waals surface area contributed by atoms with Crippen LogP contribution in [0.3, 0.4) is 0 Å². The molecule has 0 saturated carbocycles. The fraction of sp³-hybridized carbons (Fsp3) is 0.480. The van der Waals surface area contributed by atoms with E-state index in [4.69, 9.17) is 25.5 Å². The number of benzene rings is 1. The molecule has 2 aromatic heterocycles. The molecule has 3 aromatic rings. The average molecular weight is 508 g/mol. The smallest absolute Gasteiger partial charge is 0.318 e. The SMILES string of the molecule is CNC(=O)Nc1ccc(-c2nc(N3CCOCC3)nc3c2cnn3C2CCN(C(=O)[C@H](C)N)CC2)cc1. The Kier molecular flexibility index (Phi) is 7.19. The Hall–Kier alpha value is -3.77. The van der Waals surface area contributed by atoms with Crippen molar-refractivity contribution in [2.75, 3.05) is 56.7 Å². The number of carbonyl (C=O) groups is 2. The number of ether oxygens (including phenoxy) is 1. The third kappa shape index (κ3) is 5.20. The number of nitrogens with one attached hydrogen (secondary N) is 2. The lowest BCUT2D eigenvalue weighted by atomic mass is 10.0. The van der Waals surface area contributed by atoms with Crippen LogP contribution >= 0.6 is 0 Å². The van der Waals surface area contributed by atoms with Gasteiger partial charge in [-0.15, -0.1) is 0 Å². The molecule has 4 heterocycles. The van der Waals surface area contributed by atoms with Gasteiger partial charge in [-0.2, -0.15) is 10.1 Å². The third-order valence-electron chi connectivity index (χ3n) is 6.89. The van der Waals surface area contributed by atoms with Crippen molar-refractivity contribution < 1.29 is 14.3 Å². The van der Waals surface area contributed by atoms with Crippen molar-refractivity contribution >= 4 is 34.6 Å². The molecule has 3 amide bonds. The zero-order chi connectivity index (χ0) is 25.9. The van der Waals surface area contributed by atoms with Crippen LogP contribution in [0.25, 0.3) is 22.3 Å². The molecular formula is C25H33N9O3. The van der Waals surface area contributed by atoms with Crippen LogP contribution in [0.5, 0.6) is 0 Å². The normalized spacial score (nSPS) is 17.6. The summed E-state index contributed by atoms with van der Waals surface area (Å²) >= 11 is 0. The maximum Gasteiger partial charge on any atom is 0.318 e. The molecule has 37 heavy (non-hydrogen) atoms. The molecule has 12 nitrogen and oxygen atoms in total. The van der Waals surface area contributed by atoms with E-state index in [9.17, 15) is 9.59 Å². The van der Waals surface area contributed by atoms with Gasteiger partial charge in [0, 0.05) is 44.5 Å². The largest absolute Gasteiger partial charge is 0.378 e. The molecule has 0 unspecified atom stereocenters. The highest BCUT2D eigenvalue weighted by Crippen LogP contribution is 2.32. The molecule has 5 rings (SSSR count). The van der Waals surface area contributed by atoms with Gasteiger partial charge in [0.1, 0.15) is 0 Å². The van der Waals surface area contributed by atoms with Crippen LogP contribution in [0, 0.1) is 0 Å². The van der Waals surface area contributed by atoms with Gasteiger partial charge in [0.05, 0.1) is 42.6 Å². The number of anilines is 2. The number of urea groups is 1. The van der Waals surface area contributed by atoms with E-state index in [2.05, 4.69) is 15.5 Å². The summed E-state index contributed by atoms with van der Waals surface area (Å²) in [6.07, 6.45) is 3.38. The van der Waals surface area contributed by atoms with Crippen molar-refractivity contribution in [3.05, 3.63) is 30.5 Å². The van der Waals surface area contributed by atoms with E-state index in [0.29, 0.717) is 51.0 Å². The molecule has 2 aliphatic heterocycles. The van der Waals surface area contributed by atoms with E-state index in [1.165, 1.54) is 0 Å². The summed E-state index contributed by atoms with van der Waals surface area (Å²) in [5.41, 5.74) is 8.96. The van der Waals surface area contributed by atoms with Crippen LogP contribution < -0.4 is 21.3 Å². The number of aromatic nitrogens is 4. The van der Waals surface area contributed by atoms with E-state index >= 15 is 0 Å². The summed E-state index contributed by atoms with van der Waals surface area (Å²) in [5, 5.41) is 10.9. The zero-order valence-electron chi connectivity index (χ0n) is 21.2. The summed E-state index contributed by atoms with van der Waals surface area (Å²) in [5.74, 6) is 0.627. The number of rotatable bonds is 5. The monoisotopic (exact) mass is 507 g/mol. The zero-order valence-corrected chi connectivity index (χ0v) is 21.2. The number of hydrogen-bond donors (Lipinski definition) is 3. The summed E-state index contributed by atoms with van der Waals surface area (Å²) in [6, 6.07) is 6.92. The van der Waals surface area contributed by atoms with Gasteiger partial charge in [0.2, 0.25) is 11.9 Å². The van der Waals surface area contributed by atoms with Gasteiger partial charge in [0.25, 0.3) is 0 Å². The second-order valence-corrected chi connectivity index (χ2v) is 9.42. The molecule has 2 fully saturated rings. The number of likely N-dealkylation sites (tertiary alicyclic amines) is 1. The van der Waals surface area contributed by atoms with Crippen LogP contribution in [0.1, 0.15) is 25.8 Å². The number of hydrogen-bond acceptors (Lipinski definition) is 8. The number of carbonyl (C=O) groups excluding carboxylic acids is 2. The first-order valence-electron chi connectivity index (χ1n) is 12.7. The molecule has 1 aromatic carbocycles. The van der Waals surface area contributed by atoms with Gasteiger partial charge in [-0.3, -0.25) is 4.79 Å². The predicted octanol–water partition coefficient (Wildman–Crippen LogP) is 1.59. The summed E-state index contributed by atoms with van der Waals surface area (Å²) in [6.45, 7) is 5.69. The Morgan fingerprint density at radius 1 is 1.08 bits per heavy atom. The first-order chi connectivity index (χ1) is 17.9. The molecule has 1 atom stereocenters. The number of nitrogens with zero attached hydrogens (tertiary/aromatic N) is 6. The lowest BCUT2D eigenvalue weighted by Gasteiger charge is -2.33. The Morgan fingerprint density at radius 3 is 2.43 bits per heavy atom. The van der Waals surface area contributed by atoms with Gasteiger partial charge in [-0.05, 0) is 31.9 Å². The van der Waals surface area contributed by atoms with Crippen molar-refractivity contribution in [2.45, 2.75) is 31.8 Å². The second-order valence-electron chi connectivity index (χ2n) is 9.42. The predicted molar refractivity (Wildman–Crippen MR) is 140 cm³/mol. The molecule has 0 bridgehead atoms. The number of amides is 3. The fourth-order valence-corrected chi connectivity index (χ4v) is 4.83. The van der Waals surface area contributed by atoms with Crippen LogP contribution in [0.4, 0.5) is 16.4 Å². The number of morpholine rings is 1. The average Bonchev–Trinajstić information content (AvgIpc) is 3.37. The van der Waals surface area contributed by atoms with Crippen molar-refractivity contribution in [2.24, 2.45) is 5.73 Å². The van der Waals surface area contributed by atoms with Crippen LogP contribution in [0.2, 0.25) is 0 Å². The molecule has 196 valence electrons. The van der Waals surface area contributed by atoms with Crippen molar-refractivity contribution in [1.29, 1.82) is 0 Å². The minimum absolute atomic E-state index is 0.0163. The third-order valence-corrected chi connectivity index (χ3v) is 6.89. The van der Waals surface area contributed by atoms with Crippen LogP contribution in [0.15, 0.2) is 30.5 Å². The second kappa shape index (κ2) is 10.7. The van der Waals surface area contributed by atoms with Crippen LogP contribution in [-0.2, 0) is 9.53 Å². The van der Waals surface area contributed by atoms with Crippen molar-refractivity contribution in [3.8, 4) is 11.3 Å². The standard InChI is InChI=1S/C25H33N9O3/c1-16(26)23(35)32-9-7-19(8-10-32)34-22-20(15-28-34)21(30-24(31-22)33-11-13-37-14-12-33)17-3-5-18(6-4-17)29-25(36)27-2/h3-6,15-16,19H,7-14,26H2,1-2H3,(H2,27,29,36)/t16-/m0/s1. The van der Waals surface area contributed by atoms with Gasteiger partial charge in [-0.25, -0.2) is 14.5 Å². The van der Waals surface area contributed by atoms with Gasteiger partial charge in [-0.1, -0.05) is 12.1 Å². The number of nitrogens with two attached hydrogens (primary N) is 1. The Labute approximate surface area is 215 Å². The van der Waals surface area contributed by atoms with Crippen molar-refractivity contribution in [3.63, 3.8) is 0 Å². The maximum absolute atomic E-state index is 12.3. The van der Waals surface area contributed by atoms with E-state index < -0.39 is 6.04 Å². The molecule has 2 saturated heterocycles. The molecule has 4 N–H and O–H groups in total. The highest BCUT2D eigenvalue weighted by atomic mass is 16.5. The quantitative estimate of drug-likeness (QED) is 0.472. The van der Waals surface area contributed by atoms with Gasteiger partial charge < -0.3 is 30.9 Å². The molecule has 0 aliphatic carbocycles.